The summed E-state index contributed by atoms with van der Waals surface area (Å²) >= 11 is 0. The van der Waals surface area contributed by atoms with Crippen LogP contribution in [0, 0.1) is 13.8 Å². The molecule has 0 saturated carbocycles. The van der Waals surface area contributed by atoms with Crippen LogP contribution < -0.4 is 5.73 Å². The van der Waals surface area contributed by atoms with Crippen LogP contribution in [0.4, 0.5) is 0 Å². The van der Waals surface area contributed by atoms with E-state index in [0.717, 1.165) is 16.7 Å². The van der Waals surface area contributed by atoms with E-state index in [0.29, 0.717) is 6.42 Å². The molecule has 1 aromatic rings. The molecule has 1 rings (SSSR count). The van der Waals surface area contributed by atoms with Crippen molar-refractivity contribution in [3.63, 3.8) is 0 Å². The third-order valence-electron chi connectivity index (χ3n) is 2.39. The number of aliphatic hydroxyl groups is 1. The summed E-state index contributed by atoms with van der Waals surface area (Å²) in [5, 5.41) is 18.1. The Balaban J connectivity index is 0.00000196. The Kier molecular flexibility index (Phi) is 5.65. The first-order valence-electron chi connectivity index (χ1n) is 4.72. The summed E-state index contributed by atoms with van der Waals surface area (Å²) in [6, 6.07) is 3.24. The molecule has 0 spiro atoms. The first kappa shape index (κ1) is 14.2. The van der Waals surface area contributed by atoms with Gasteiger partial charge in [-0.05, 0) is 49.1 Å². The third kappa shape index (κ3) is 3.38. The molecule has 0 bridgehead atoms. The number of phenolic OH excluding ortho intramolecular Hbond substituents is 1. The van der Waals surface area contributed by atoms with Gasteiger partial charge in [0.15, 0.2) is 0 Å². The van der Waals surface area contributed by atoms with Gasteiger partial charge in [-0.3, -0.25) is 0 Å². The second-order valence-corrected chi connectivity index (χ2v) is 3.61. The molecule has 0 fully saturated rings. The zero-order valence-corrected chi connectivity index (χ0v) is 9.84. The van der Waals surface area contributed by atoms with Crippen molar-refractivity contribution < 1.29 is 10.2 Å². The monoisotopic (exact) mass is 231 g/mol. The number of hydrogen-bond donors (Lipinski definition) is 3. The maximum absolute atomic E-state index is 9.34. The fraction of sp³-hybridized carbons (Fsp3) is 0.455. The Labute approximate surface area is 96.3 Å². The van der Waals surface area contributed by atoms with Crippen molar-refractivity contribution >= 4 is 12.4 Å². The van der Waals surface area contributed by atoms with Gasteiger partial charge in [-0.2, -0.15) is 0 Å². The van der Waals surface area contributed by atoms with Gasteiger partial charge in [-0.15, -0.1) is 12.4 Å². The van der Waals surface area contributed by atoms with Gasteiger partial charge in [0, 0.05) is 12.6 Å². The predicted octanol–water partition coefficient (Wildman–Crippen LogP) is 1.81. The molecule has 0 amide bonds. The second kappa shape index (κ2) is 5.95. The topological polar surface area (TPSA) is 66.5 Å². The smallest absolute Gasteiger partial charge is 0.116 e. The molecule has 1 atom stereocenters. The SMILES string of the molecule is Cc1cc(O)cc(C)c1[C@@H](N)CCO.Cl. The summed E-state index contributed by atoms with van der Waals surface area (Å²) in [6.45, 7) is 3.92. The van der Waals surface area contributed by atoms with Crippen molar-refractivity contribution in [1.82, 2.24) is 0 Å². The largest absolute Gasteiger partial charge is 0.508 e. The zero-order chi connectivity index (χ0) is 10.7. The van der Waals surface area contributed by atoms with E-state index >= 15 is 0 Å². The highest BCUT2D eigenvalue weighted by Crippen LogP contribution is 2.26. The second-order valence-electron chi connectivity index (χ2n) is 3.61. The van der Waals surface area contributed by atoms with E-state index < -0.39 is 0 Å². The van der Waals surface area contributed by atoms with Crippen LogP contribution in [0.2, 0.25) is 0 Å². The molecule has 0 heterocycles. The minimum atomic E-state index is -0.152. The molecule has 0 unspecified atom stereocenters. The van der Waals surface area contributed by atoms with Crippen LogP contribution >= 0.6 is 12.4 Å². The van der Waals surface area contributed by atoms with Gasteiger partial charge < -0.3 is 15.9 Å². The highest BCUT2D eigenvalue weighted by molar-refractivity contribution is 5.85. The molecule has 3 nitrogen and oxygen atoms in total. The summed E-state index contributed by atoms with van der Waals surface area (Å²) in [4.78, 5) is 0. The van der Waals surface area contributed by atoms with Crippen LogP contribution in [0.3, 0.4) is 0 Å². The predicted molar refractivity (Wildman–Crippen MR) is 63.5 cm³/mol. The summed E-state index contributed by atoms with van der Waals surface area (Å²) in [5.74, 6) is 0.264. The van der Waals surface area contributed by atoms with Crippen LogP contribution in [-0.4, -0.2) is 16.8 Å². The molecular formula is C11H18ClNO2. The maximum atomic E-state index is 9.34. The number of halogens is 1. The van der Waals surface area contributed by atoms with Crippen molar-refractivity contribution in [2.75, 3.05) is 6.61 Å². The lowest BCUT2D eigenvalue weighted by Gasteiger charge is -2.16. The Bertz CT molecular complexity index is 305. The quantitative estimate of drug-likeness (QED) is 0.744. The van der Waals surface area contributed by atoms with Gasteiger partial charge in [0.05, 0.1) is 0 Å². The van der Waals surface area contributed by atoms with Crippen molar-refractivity contribution in [3.05, 3.63) is 28.8 Å². The minimum Gasteiger partial charge on any atom is -0.508 e. The van der Waals surface area contributed by atoms with E-state index in [-0.39, 0.29) is 30.8 Å². The molecule has 0 aromatic heterocycles. The molecular weight excluding hydrogens is 214 g/mol. The third-order valence-corrected chi connectivity index (χ3v) is 2.39. The van der Waals surface area contributed by atoms with Crippen LogP contribution in [0.15, 0.2) is 12.1 Å². The van der Waals surface area contributed by atoms with Crippen LogP contribution in [0.5, 0.6) is 5.75 Å². The summed E-state index contributed by atoms with van der Waals surface area (Å²) in [7, 11) is 0. The number of aliphatic hydroxyl groups excluding tert-OH is 1. The number of benzene rings is 1. The first-order valence-corrected chi connectivity index (χ1v) is 4.72. The van der Waals surface area contributed by atoms with E-state index in [1.165, 1.54) is 0 Å². The lowest BCUT2D eigenvalue weighted by molar-refractivity contribution is 0.276. The minimum absolute atomic E-state index is 0. The van der Waals surface area contributed by atoms with Crippen LogP contribution in [0.1, 0.15) is 29.2 Å². The molecule has 0 radical (unpaired) electrons. The fourth-order valence-electron chi connectivity index (χ4n) is 1.82. The molecule has 15 heavy (non-hydrogen) atoms. The van der Waals surface area contributed by atoms with E-state index in [1.54, 1.807) is 12.1 Å². The van der Waals surface area contributed by atoms with Gasteiger partial charge in [0.2, 0.25) is 0 Å². The van der Waals surface area contributed by atoms with Gasteiger partial charge in [0.25, 0.3) is 0 Å². The lowest BCUT2D eigenvalue weighted by Crippen LogP contribution is -2.14. The Morgan fingerprint density at radius 1 is 1.27 bits per heavy atom. The number of nitrogens with two attached hydrogens (primary N) is 1. The highest BCUT2D eigenvalue weighted by atomic mass is 35.5. The van der Waals surface area contributed by atoms with Gasteiger partial charge in [-0.1, -0.05) is 0 Å². The molecule has 4 N–H and O–H groups in total. The number of rotatable bonds is 3. The number of phenols is 1. The fourth-order valence-corrected chi connectivity index (χ4v) is 1.82. The summed E-state index contributed by atoms with van der Waals surface area (Å²) < 4.78 is 0. The van der Waals surface area contributed by atoms with Gasteiger partial charge in [0.1, 0.15) is 5.75 Å². The first-order chi connectivity index (χ1) is 6.56. The molecule has 86 valence electrons. The number of aromatic hydroxyl groups is 1. The summed E-state index contributed by atoms with van der Waals surface area (Å²) in [6.07, 6.45) is 0.548. The molecule has 0 aliphatic carbocycles. The van der Waals surface area contributed by atoms with Crippen LogP contribution in [0.25, 0.3) is 0 Å². The van der Waals surface area contributed by atoms with Gasteiger partial charge in [-0.25, -0.2) is 0 Å². The van der Waals surface area contributed by atoms with Crippen molar-refractivity contribution in [2.45, 2.75) is 26.3 Å². The van der Waals surface area contributed by atoms with E-state index in [4.69, 9.17) is 10.8 Å². The van der Waals surface area contributed by atoms with Crippen molar-refractivity contribution in [1.29, 1.82) is 0 Å². The molecule has 4 heteroatoms. The molecule has 0 aliphatic rings. The Hall–Kier alpha value is -0.770. The number of hydrogen-bond acceptors (Lipinski definition) is 3. The van der Waals surface area contributed by atoms with Crippen molar-refractivity contribution in [3.8, 4) is 5.75 Å². The Morgan fingerprint density at radius 3 is 2.13 bits per heavy atom. The van der Waals surface area contributed by atoms with Gasteiger partial charge >= 0.3 is 0 Å². The van der Waals surface area contributed by atoms with Crippen LogP contribution in [-0.2, 0) is 0 Å². The molecule has 0 saturated heterocycles. The Morgan fingerprint density at radius 2 is 1.73 bits per heavy atom. The van der Waals surface area contributed by atoms with E-state index in [1.807, 2.05) is 13.8 Å². The normalized spacial score (nSPS) is 12.0. The molecule has 0 aliphatic heterocycles. The highest BCUT2D eigenvalue weighted by Gasteiger charge is 2.12. The standard InChI is InChI=1S/C11H17NO2.ClH/c1-7-5-9(14)6-8(2)11(7)10(12)3-4-13;/h5-6,10,13-14H,3-4,12H2,1-2H3;1H/t10-;/m0./s1. The molecule has 1 aromatic carbocycles. The van der Waals surface area contributed by atoms with Crippen molar-refractivity contribution in [2.24, 2.45) is 5.73 Å². The number of aryl methyl sites for hydroxylation is 2. The zero-order valence-electron chi connectivity index (χ0n) is 9.03. The lowest BCUT2D eigenvalue weighted by atomic mass is 9.94. The summed E-state index contributed by atoms with van der Waals surface area (Å²) in [5.41, 5.74) is 8.89. The average Bonchev–Trinajstić information content (AvgIpc) is 2.01. The van der Waals surface area contributed by atoms with E-state index in [2.05, 4.69) is 0 Å². The average molecular weight is 232 g/mol. The maximum Gasteiger partial charge on any atom is 0.116 e. The van der Waals surface area contributed by atoms with E-state index in [9.17, 15) is 5.11 Å².